The lowest BCUT2D eigenvalue weighted by Gasteiger charge is -2.10. The molecular formula is C81H54N6O. The first-order valence-electron chi connectivity index (χ1n) is 29.6. The molecule has 414 valence electrons. The van der Waals surface area contributed by atoms with E-state index in [1.54, 1.807) is 0 Å². The highest BCUT2D eigenvalue weighted by Gasteiger charge is 2.21. The van der Waals surface area contributed by atoms with Gasteiger partial charge in [0, 0.05) is 89.7 Å². The molecule has 0 saturated carbocycles. The first-order valence-corrected chi connectivity index (χ1v) is 29.6. The first kappa shape index (κ1) is 51.8. The Bertz CT molecular complexity index is 5300. The van der Waals surface area contributed by atoms with Crippen LogP contribution in [0, 0.1) is 0 Å². The van der Waals surface area contributed by atoms with Gasteiger partial charge in [0.15, 0.2) is 0 Å². The third-order valence-electron chi connectivity index (χ3n) is 16.8. The van der Waals surface area contributed by atoms with Crippen molar-refractivity contribution in [3.63, 3.8) is 0 Å². The highest BCUT2D eigenvalue weighted by molar-refractivity contribution is 6.17. The molecule has 0 spiro atoms. The van der Waals surface area contributed by atoms with Crippen molar-refractivity contribution in [1.82, 2.24) is 24.1 Å². The highest BCUT2D eigenvalue weighted by atomic mass is 16.3. The Hall–Kier alpha value is -11.8. The Balaban J connectivity index is 0.837. The maximum atomic E-state index is 6.72. The minimum absolute atomic E-state index is 0.814. The normalized spacial score (nSPS) is 12.1. The number of furan rings is 1. The smallest absolute Gasteiger partial charge is 0.135 e. The summed E-state index contributed by atoms with van der Waals surface area (Å²) in [5.74, 6) is 0. The first-order chi connectivity index (χ1) is 43.5. The molecule has 7 nitrogen and oxygen atoms in total. The number of aromatic nitrogens is 5. The van der Waals surface area contributed by atoms with Crippen molar-refractivity contribution in [1.29, 1.82) is 0 Å². The number of hydrogen-bond donors (Lipinski definition) is 0. The number of allylic oxidation sites excluding steroid dienone is 3. The summed E-state index contributed by atoms with van der Waals surface area (Å²) in [5.41, 5.74) is 22.9. The van der Waals surface area contributed by atoms with Gasteiger partial charge in [-0.1, -0.05) is 182 Å². The van der Waals surface area contributed by atoms with Crippen molar-refractivity contribution in [3.05, 3.63) is 314 Å². The molecule has 0 aliphatic carbocycles. The molecule has 0 aliphatic heterocycles. The Morgan fingerprint density at radius 3 is 1.11 bits per heavy atom. The second-order valence-electron chi connectivity index (χ2n) is 22.1. The predicted molar refractivity (Wildman–Crippen MR) is 365 cm³/mol. The average molecular weight is 1130 g/mol. The van der Waals surface area contributed by atoms with Crippen LogP contribution in [0.3, 0.4) is 0 Å². The van der Waals surface area contributed by atoms with Gasteiger partial charge in [-0.05, 0) is 133 Å². The van der Waals surface area contributed by atoms with Crippen LogP contribution in [0.25, 0.3) is 151 Å². The van der Waals surface area contributed by atoms with Crippen LogP contribution in [-0.2, 0) is 0 Å². The van der Waals surface area contributed by atoms with Gasteiger partial charge in [-0.3, -0.25) is 4.99 Å². The molecule has 6 heterocycles. The molecule has 88 heavy (non-hydrogen) atoms. The number of pyridine rings is 3. The van der Waals surface area contributed by atoms with Crippen LogP contribution in [0.15, 0.2) is 313 Å². The van der Waals surface area contributed by atoms with Gasteiger partial charge in [-0.25, -0.2) is 15.0 Å². The van der Waals surface area contributed by atoms with Crippen LogP contribution < -0.4 is 0 Å². The second kappa shape index (κ2) is 22.0. The fraction of sp³-hybridized carbons (Fsp3) is 0.0123. The van der Waals surface area contributed by atoms with Gasteiger partial charge >= 0.3 is 0 Å². The zero-order chi connectivity index (χ0) is 58.5. The van der Waals surface area contributed by atoms with Gasteiger partial charge in [0.25, 0.3) is 0 Å². The summed E-state index contributed by atoms with van der Waals surface area (Å²) in [5, 5.41) is 6.50. The number of aliphatic imine (C=N–C) groups is 1. The number of fused-ring (bicyclic) bond motifs is 9. The third kappa shape index (κ3) is 9.44. The van der Waals surface area contributed by atoms with E-state index >= 15 is 0 Å². The summed E-state index contributed by atoms with van der Waals surface area (Å²) in [6.07, 6.45) is 8.31. The van der Waals surface area contributed by atoms with Gasteiger partial charge in [0.05, 0.1) is 61.9 Å². The van der Waals surface area contributed by atoms with E-state index in [1.165, 1.54) is 0 Å². The Morgan fingerprint density at radius 2 is 0.705 bits per heavy atom. The zero-order valence-corrected chi connectivity index (χ0v) is 48.0. The van der Waals surface area contributed by atoms with Gasteiger partial charge < -0.3 is 13.6 Å². The molecule has 0 unspecified atom stereocenters. The molecule has 10 aromatic carbocycles. The molecule has 16 aromatic rings. The molecule has 7 heteroatoms. The SMILES string of the molecule is CN=C(/C=C\C=C\c1ccccc1)c1ccc2c(c1)c1cc(-c3cccc(-c4ccccc4)n3)ccc1n2-c1ccc2oc3ccc(-n4c5ccc(-c6cccc(-c7ccccc7)n6)cc5c5cc(-c6cccc(-c7ccccc7)n6)ccc54)cc3c2c1. The summed E-state index contributed by atoms with van der Waals surface area (Å²) in [4.78, 5) is 20.4. The number of hydrogen-bond acceptors (Lipinski definition) is 5. The van der Waals surface area contributed by atoms with E-state index in [4.69, 9.17) is 24.4 Å². The summed E-state index contributed by atoms with van der Waals surface area (Å²) < 4.78 is 11.5. The van der Waals surface area contributed by atoms with Gasteiger partial charge in [-0.15, -0.1) is 0 Å². The lowest BCUT2D eigenvalue weighted by Crippen LogP contribution is -1.97. The maximum Gasteiger partial charge on any atom is 0.135 e. The maximum absolute atomic E-state index is 6.72. The van der Waals surface area contributed by atoms with Gasteiger partial charge in [-0.2, -0.15) is 0 Å². The summed E-state index contributed by atoms with van der Waals surface area (Å²) >= 11 is 0. The summed E-state index contributed by atoms with van der Waals surface area (Å²) in [6, 6.07) is 100. The molecule has 0 bridgehead atoms. The molecular weight excluding hydrogens is 1070 g/mol. The molecule has 0 N–H and O–H groups in total. The van der Waals surface area contributed by atoms with Gasteiger partial charge in [0.2, 0.25) is 0 Å². The third-order valence-corrected chi connectivity index (χ3v) is 16.8. The highest BCUT2D eigenvalue weighted by Crippen LogP contribution is 2.42. The Kier molecular flexibility index (Phi) is 12.9. The monoisotopic (exact) mass is 1130 g/mol. The predicted octanol–water partition coefficient (Wildman–Crippen LogP) is 20.7. The fourth-order valence-corrected chi connectivity index (χ4v) is 12.5. The van der Waals surface area contributed by atoms with Crippen LogP contribution in [0.4, 0.5) is 0 Å². The summed E-state index contributed by atoms with van der Waals surface area (Å²) in [6.45, 7) is 0. The molecule has 0 saturated heterocycles. The molecule has 16 rings (SSSR count). The van der Waals surface area contributed by atoms with Crippen LogP contribution in [-0.4, -0.2) is 36.8 Å². The van der Waals surface area contributed by atoms with Crippen molar-refractivity contribution in [3.8, 4) is 78.9 Å². The van der Waals surface area contributed by atoms with Crippen LogP contribution in [0.1, 0.15) is 11.1 Å². The van der Waals surface area contributed by atoms with E-state index < -0.39 is 0 Å². The Labute approximate surface area is 508 Å². The molecule has 0 atom stereocenters. The quantitative estimate of drug-likeness (QED) is 0.0902. The minimum atomic E-state index is 0.814. The van der Waals surface area contributed by atoms with Crippen molar-refractivity contribution in [2.24, 2.45) is 4.99 Å². The topological polar surface area (TPSA) is 74.0 Å². The van der Waals surface area contributed by atoms with Crippen molar-refractivity contribution >= 4 is 77.3 Å². The van der Waals surface area contributed by atoms with Crippen LogP contribution >= 0.6 is 0 Å². The van der Waals surface area contributed by atoms with E-state index in [0.717, 1.165) is 161 Å². The van der Waals surface area contributed by atoms with Crippen LogP contribution in [0.2, 0.25) is 0 Å². The van der Waals surface area contributed by atoms with E-state index in [9.17, 15) is 0 Å². The molecule has 6 aromatic heterocycles. The average Bonchev–Trinajstić information content (AvgIpc) is 1.70. The molecule has 0 radical (unpaired) electrons. The minimum Gasteiger partial charge on any atom is -0.456 e. The van der Waals surface area contributed by atoms with Crippen LogP contribution in [0.5, 0.6) is 0 Å². The van der Waals surface area contributed by atoms with E-state index in [-0.39, 0.29) is 0 Å². The van der Waals surface area contributed by atoms with Crippen molar-refractivity contribution in [2.75, 3.05) is 7.05 Å². The van der Waals surface area contributed by atoms with Gasteiger partial charge in [0.1, 0.15) is 11.2 Å². The standard InChI is InChI=1S/C81H54N6O/c1-82-69(28-15-14-21-53-19-6-2-7-20-53)57-35-41-76-63(47-57)64-48-58(73-32-16-29-70(83-73)54-22-8-3-9-23-54)36-42-77(64)86(76)61-39-45-80-67(51-61)68-52-62(40-46-81(68)88-80)87-78-43-37-59(74-33-17-30-71(84-74)55-24-10-4-11-25-55)49-65(78)66-50-60(38-44-79(66)87)75-34-18-31-72(85-75)56-26-12-5-13-27-56/h2-52H,1H3/b21-14+,28-15-,82-69?. The summed E-state index contributed by atoms with van der Waals surface area (Å²) in [7, 11) is 1.86. The van der Waals surface area contributed by atoms with Crippen molar-refractivity contribution < 1.29 is 4.42 Å². The lowest BCUT2D eigenvalue weighted by molar-refractivity contribution is 0.669. The zero-order valence-electron chi connectivity index (χ0n) is 48.0. The van der Waals surface area contributed by atoms with E-state index in [2.05, 4.69) is 294 Å². The van der Waals surface area contributed by atoms with Crippen molar-refractivity contribution in [2.45, 2.75) is 0 Å². The van der Waals surface area contributed by atoms with E-state index in [0.29, 0.717) is 0 Å². The number of rotatable bonds is 12. The largest absolute Gasteiger partial charge is 0.456 e. The number of nitrogens with zero attached hydrogens (tertiary/aromatic N) is 6. The number of benzene rings is 10. The molecule has 0 amide bonds. The molecule has 0 aliphatic rings. The fourth-order valence-electron chi connectivity index (χ4n) is 12.5. The second-order valence-corrected chi connectivity index (χ2v) is 22.1. The molecule has 0 fully saturated rings. The Morgan fingerprint density at radius 1 is 0.330 bits per heavy atom. The van der Waals surface area contributed by atoms with E-state index in [1.807, 2.05) is 31.3 Å². The lowest BCUT2D eigenvalue weighted by atomic mass is 10.0.